The molecule has 0 aromatic carbocycles. The maximum atomic E-state index is 5.41. The van der Waals surface area contributed by atoms with Crippen LogP contribution in [0.25, 0.3) is 0 Å². The fourth-order valence-corrected chi connectivity index (χ4v) is 1.75. The smallest absolute Gasteiger partial charge is 0.0593 e. The molecule has 0 saturated carbocycles. The van der Waals surface area contributed by atoms with E-state index in [1.165, 1.54) is 32.4 Å². The second-order valence-corrected chi connectivity index (χ2v) is 3.91. The van der Waals surface area contributed by atoms with Crippen LogP contribution in [0.2, 0.25) is 0 Å². The number of ether oxygens (including phenoxy) is 1. The summed E-state index contributed by atoms with van der Waals surface area (Å²) in [5.41, 5.74) is 0. The van der Waals surface area contributed by atoms with Gasteiger partial charge in [0.15, 0.2) is 0 Å². The molecule has 1 heterocycles. The molecule has 1 aliphatic rings. The minimum absolute atomic E-state index is 0.919. The number of rotatable bonds is 6. The summed E-state index contributed by atoms with van der Waals surface area (Å²) in [5, 5.41) is 3.43. The van der Waals surface area contributed by atoms with Crippen molar-refractivity contribution in [3.63, 3.8) is 0 Å². The fourth-order valence-electron chi connectivity index (χ4n) is 1.75. The average molecular weight is 200 g/mol. The molecule has 0 bridgehead atoms. The molecule has 0 unspecified atom stereocenters. The molecular formula is C11H24N2O. The van der Waals surface area contributed by atoms with Crippen molar-refractivity contribution in [1.29, 1.82) is 0 Å². The highest BCUT2D eigenvalue weighted by molar-refractivity contribution is 4.61. The molecule has 0 aliphatic carbocycles. The fraction of sp³-hybridized carbons (Fsp3) is 1.00. The van der Waals surface area contributed by atoms with Crippen LogP contribution in [0.1, 0.15) is 26.2 Å². The number of nitrogens with zero attached hydrogens (tertiary/aromatic N) is 1. The molecule has 1 aliphatic heterocycles. The van der Waals surface area contributed by atoms with Crippen molar-refractivity contribution in [3.05, 3.63) is 0 Å². The summed E-state index contributed by atoms with van der Waals surface area (Å²) < 4.78 is 5.41. The normalized spacial score (nSPS) is 19.5. The van der Waals surface area contributed by atoms with E-state index < -0.39 is 0 Å². The summed E-state index contributed by atoms with van der Waals surface area (Å²) >= 11 is 0. The Morgan fingerprint density at radius 2 is 2.14 bits per heavy atom. The molecule has 1 N–H and O–H groups in total. The van der Waals surface area contributed by atoms with Gasteiger partial charge in [-0.25, -0.2) is 0 Å². The van der Waals surface area contributed by atoms with Gasteiger partial charge in [0, 0.05) is 19.7 Å². The molecule has 14 heavy (non-hydrogen) atoms. The van der Waals surface area contributed by atoms with Crippen LogP contribution in [0.4, 0.5) is 0 Å². The van der Waals surface area contributed by atoms with Crippen LogP contribution in [0.3, 0.4) is 0 Å². The molecule has 0 aromatic rings. The Labute approximate surface area is 87.8 Å². The van der Waals surface area contributed by atoms with Gasteiger partial charge in [0.1, 0.15) is 0 Å². The summed E-state index contributed by atoms with van der Waals surface area (Å²) in [7, 11) is 0. The van der Waals surface area contributed by atoms with Crippen molar-refractivity contribution in [3.8, 4) is 0 Å². The topological polar surface area (TPSA) is 24.5 Å². The van der Waals surface area contributed by atoms with Gasteiger partial charge in [-0.05, 0) is 38.9 Å². The summed E-state index contributed by atoms with van der Waals surface area (Å²) in [6, 6.07) is 0. The van der Waals surface area contributed by atoms with Crippen molar-refractivity contribution in [1.82, 2.24) is 10.2 Å². The van der Waals surface area contributed by atoms with Gasteiger partial charge in [0.05, 0.1) is 6.61 Å². The molecule has 3 heteroatoms. The average Bonchev–Trinajstić information content (AvgIpc) is 2.46. The largest absolute Gasteiger partial charge is 0.380 e. The zero-order valence-electron chi connectivity index (χ0n) is 9.43. The Morgan fingerprint density at radius 1 is 1.21 bits per heavy atom. The van der Waals surface area contributed by atoms with Crippen molar-refractivity contribution >= 4 is 0 Å². The maximum absolute atomic E-state index is 5.41. The first-order valence-electron chi connectivity index (χ1n) is 5.94. The van der Waals surface area contributed by atoms with Crippen LogP contribution in [0.5, 0.6) is 0 Å². The third kappa shape index (κ3) is 5.58. The second kappa shape index (κ2) is 8.21. The highest BCUT2D eigenvalue weighted by Crippen LogP contribution is 1.99. The van der Waals surface area contributed by atoms with E-state index in [1.807, 2.05) is 0 Å². The Kier molecular flexibility index (Phi) is 7.01. The van der Waals surface area contributed by atoms with Gasteiger partial charge in [-0.3, -0.25) is 0 Å². The predicted octanol–water partition coefficient (Wildman–Crippen LogP) is 1.10. The Hall–Kier alpha value is -0.120. The molecule has 1 fully saturated rings. The summed E-state index contributed by atoms with van der Waals surface area (Å²) in [4.78, 5) is 2.51. The lowest BCUT2D eigenvalue weighted by Crippen LogP contribution is -2.29. The molecule has 0 spiro atoms. The Balaban J connectivity index is 1.93. The van der Waals surface area contributed by atoms with E-state index in [1.54, 1.807) is 0 Å². The lowest BCUT2D eigenvalue weighted by molar-refractivity contribution is 0.141. The standard InChI is InChI=1S/C11H24N2O/c1-2-5-12-6-3-7-13-8-4-10-14-11-9-13/h12H,2-11H2,1H3. The van der Waals surface area contributed by atoms with E-state index in [0.717, 1.165) is 32.8 Å². The Morgan fingerprint density at radius 3 is 3.00 bits per heavy atom. The lowest BCUT2D eigenvalue weighted by atomic mass is 10.3. The lowest BCUT2D eigenvalue weighted by Gasteiger charge is -2.18. The molecule has 0 amide bonds. The number of hydrogen-bond acceptors (Lipinski definition) is 3. The minimum atomic E-state index is 0.919. The third-order valence-electron chi connectivity index (χ3n) is 2.57. The van der Waals surface area contributed by atoms with Crippen molar-refractivity contribution in [2.75, 3.05) is 45.9 Å². The van der Waals surface area contributed by atoms with Gasteiger partial charge >= 0.3 is 0 Å². The van der Waals surface area contributed by atoms with Crippen LogP contribution in [0.15, 0.2) is 0 Å². The molecular weight excluding hydrogens is 176 g/mol. The van der Waals surface area contributed by atoms with E-state index >= 15 is 0 Å². The molecule has 1 rings (SSSR count). The van der Waals surface area contributed by atoms with Crippen LogP contribution >= 0.6 is 0 Å². The summed E-state index contributed by atoms with van der Waals surface area (Å²) in [6.07, 6.45) is 3.69. The van der Waals surface area contributed by atoms with Gasteiger partial charge in [0.2, 0.25) is 0 Å². The van der Waals surface area contributed by atoms with Crippen molar-refractivity contribution in [2.24, 2.45) is 0 Å². The molecule has 0 radical (unpaired) electrons. The SMILES string of the molecule is CCCNCCCN1CCCOCC1. The van der Waals surface area contributed by atoms with Crippen LogP contribution in [-0.2, 0) is 4.74 Å². The van der Waals surface area contributed by atoms with Gasteiger partial charge in [-0.15, -0.1) is 0 Å². The van der Waals surface area contributed by atoms with Gasteiger partial charge in [0.25, 0.3) is 0 Å². The van der Waals surface area contributed by atoms with Crippen molar-refractivity contribution in [2.45, 2.75) is 26.2 Å². The van der Waals surface area contributed by atoms with E-state index in [0.29, 0.717) is 0 Å². The van der Waals surface area contributed by atoms with Crippen molar-refractivity contribution < 1.29 is 4.74 Å². The van der Waals surface area contributed by atoms with Crippen LogP contribution in [0, 0.1) is 0 Å². The summed E-state index contributed by atoms with van der Waals surface area (Å²) in [5.74, 6) is 0. The molecule has 1 saturated heterocycles. The third-order valence-corrected chi connectivity index (χ3v) is 2.57. The molecule has 3 nitrogen and oxygen atoms in total. The summed E-state index contributed by atoms with van der Waals surface area (Å²) in [6.45, 7) is 9.95. The number of nitrogens with one attached hydrogen (secondary N) is 1. The number of hydrogen-bond donors (Lipinski definition) is 1. The highest BCUT2D eigenvalue weighted by Gasteiger charge is 2.07. The maximum Gasteiger partial charge on any atom is 0.0593 e. The minimum Gasteiger partial charge on any atom is -0.380 e. The monoisotopic (exact) mass is 200 g/mol. The quantitative estimate of drug-likeness (QED) is 0.650. The van der Waals surface area contributed by atoms with E-state index in [4.69, 9.17) is 4.74 Å². The highest BCUT2D eigenvalue weighted by atomic mass is 16.5. The van der Waals surface area contributed by atoms with Gasteiger partial charge in [-0.2, -0.15) is 0 Å². The van der Waals surface area contributed by atoms with Crippen LogP contribution in [-0.4, -0.2) is 50.8 Å². The first kappa shape index (κ1) is 12.0. The zero-order chi connectivity index (χ0) is 10.1. The predicted molar refractivity (Wildman–Crippen MR) is 59.7 cm³/mol. The Bertz CT molecular complexity index is 122. The molecule has 84 valence electrons. The van der Waals surface area contributed by atoms with E-state index in [-0.39, 0.29) is 0 Å². The van der Waals surface area contributed by atoms with E-state index in [2.05, 4.69) is 17.1 Å². The second-order valence-electron chi connectivity index (χ2n) is 3.91. The van der Waals surface area contributed by atoms with Crippen LogP contribution < -0.4 is 5.32 Å². The first-order chi connectivity index (χ1) is 6.93. The molecule has 0 aromatic heterocycles. The van der Waals surface area contributed by atoms with Gasteiger partial charge < -0.3 is 15.0 Å². The molecule has 0 atom stereocenters. The first-order valence-corrected chi connectivity index (χ1v) is 5.94. The van der Waals surface area contributed by atoms with E-state index in [9.17, 15) is 0 Å². The van der Waals surface area contributed by atoms with Gasteiger partial charge in [-0.1, -0.05) is 6.92 Å². The zero-order valence-corrected chi connectivity index (χ0v) is 9.43.